The molecule has 6 heteroatoms. The first-order valence-electron chi connectivity index (χ1n) is 7.62. The minimum Gasteiger partial charge on any atom is -0.486 e. The van der Waals surface area contributed by atoms with Crippen molar-refractivity contribution in [1.29, 1.82) is 0 Å². The number of hydrogen-bond acceptors (Lipinski definition) is 4. The Labute approximate surface area is 143 Å². The Morgan fingerprint density at radius 3 is 3.09 bits per heavy atom. The Morgan fingerprint density at radius 2 is 2.30 bits per heavy atom. The molecule has 1 aliphatic heterocycles. The minimum atomic E-state index is -0.0623. The van der Waals surface area contributed by atoms with Crippen LogP contribution in [0.15, 0.2) is 45.3 Å². The van der Waals surface area contributed by atoms with Crippen LogP contribution in [0.5, 0.6) is 5.75 Å². The summed E-state index contributed by atoms with van der Waals surface area (Å²) in [5, 5.41) is 3.27. The van der Waals surface area contributed by atoms with E-state index in [0.717, 1.165) is 23.3 Å². The van der Waals surface area contributed by atoms with Gasteiger partial charge >= 0.3 is 0 Å². The molecule has 0 saturated carbocycles. The number of furan rings is 1. The van der Waals surface area contributed by atoms with Gasteiger partial charge < -0.3 is 19.4 Å². The quantitative estimate of drug-likeness (QED) is 0.887. The Hall–Kier alpha value is -1.79. The predicted molar refractivity (Wildman–Crippen MR) is 90.6 cm³/mol. The van der Waals surface area contributed by atoms with Gasteiger partial charge in [0.15, 0.2) is 5.76 Å². The van der Waals surface area contributed by atoms with Crippen molar-refractivity contribution in [2.75, 3.05) is 19.6 Å². The molecule has 0 bridgehead atoms. The van der Waals surface area contributed by atoms with E-state index in [4.69, 9.17) is 9.15 Å². The maximum Gasteiger partial charge on any atom is 0.289 e. The Kier molecular flexibility index (Phi) is 5.03. The van der Waals surface area contributed by atoms with Crippen molar-refractivity contribution < 1.29 is 13.9 Å². The van der Waals surface area contributed by atoms with E-state index < -0.39 is 0 Å². The van der Waals surface area contributed by atoms with Crippen LogP contribution < -0.4 is 10.1 Å². The van der Waals surface area contributed by atoms with Crippen LogP contribution in [0.1, 0.15) is 23.2 Å². The van der Waals surface area contributed by atoms with Gasteiger partial charge in [-0.3, -0.25) is 4.79 Å². The van der Waals surface area contributed by atoms with Crippen molar-refractivity contribution in [2.24, 2.45) is 0 Å². The zero-order valence-corrected chi connectivity index (χ0v) is 14.5. The Bertz CT molecular complexity index is 686. The minimum absolute atomic E-state index is 0.0623. The van der Waals surface area contributed by atoms with Crippen LogP contribution >= 0.6 is 15.9 Å². The Morgan fingerprint density at radius 1 is 1.43 bits per heavy atom. The lowest BCUT2D eigenvalue weighted by Crippen LogP contribution is -2.52. The molecule has 1 unspecified atom stereocenters. The molecule has 1 aromatic heterocycles. The van der Waals surface area contributed by atoms with Gasteiger partial charge in [0.25, 0.3) is 5.91 Å². The van der Waals surface area contributed by atoms with Crippen LogP contribution in [0.4, 0.5) is 0 Å². The van der Waals surface area contributed by atoms with E-state index in [1.165, 1.54) is 0 Å². The monoisotopic (exact) mass is 378 g/mol. The molecule has 2 heterocycles. The third kappa shape index (κ3) is 3.95. The molecule has 0 aliphatic carbocycles. The van der Waals surface area contributed by atoms with Gasteiger partial charge in [0.1, 0.15) is 18.1 Å². The third-order valence-electron chi connectivity index (χ3n) is 3.81. The van der Waals surface area contributed by atoms with Crippen molar-refractivity contribution in [3.63, 3.8) is 0 Å². The number of hydrogen-bond donors (Lipinski definition) is 1. The molecular weight excluding hydrogens is 360 g/mol. The maximum atomic E-state index is 12.5. The lowest BCUT2D eigenvalue weighted by molar-refractivity contribution is 0.0619. The molecular formula is C17H19BrN2O3. The standard InChI is InChI=1S/C17H19BrN2O3/c1-12-10-19-7-8-20(12)17(21)16-6-5-15(23-16)11-22-14-4-2-3-13(18)9-14/h2-6,9,12,19H,7-8,10-11H2,1H3. The molecule has 1 aromatic carbocycles. The molecule has 122 valence electrons. The van der Waals surface area contributed by atoms with Crippen LogP contribution in [0.3, 0.4) is 0 Å². The molecule has 0 spiro atoms. The highest BCUT2D eigenvalue weighted by atomic mass is 79.9. The number of carbonyl (C=O) groups excluding carboxylic acids is 1. The van der Waals surface area contributed by atoms with E-state index in [9.17, 15) is 4.79 Å². The van der Waals surface area contributed by atoms with Crippen molar-refractivity contribution in [3.05, 3.63) is 52.4 Å². The first-order valence-corrected chi connectivity index (χ1v) is 8.41. The van der Waals surface area contributed by atoms with E-state index in [0.29, 0.717) is 24.7 Å². The summed E-state index contributed by atoms with van der Waals surface area (Å²) in [6.07, 6.45) is 0. The zero-order valence-electron chi connectivity index (χ0n) is 12.9. The van der Waals surface area contributed by atoms with Gasteiger partial charge in [0, 0.05) is 30.1 Å². The third-order valence-corrected chi connectivity index (χ3v) is 4.31. The van der Waals surface area contributed by atoms with Crippen LogP contribution in [0.25, 0.3) is 0 Å². The summed E-state index contributed by atoms with van der Waals surface area (Å²) < 4.78 is 12.3. The van der Waals surface area contributed by atoms with Crippen molar-refractivity contribution in [1.82, 2.24) is 10.2 Å². The fourth-order valence-electron chi connectivity index (χ4n) is 2.57. The fourth-order valence-corrected chi connectivity index (χ4v) is 2.94. The summed E-state index contributed by atoms with van der Waals surface area (Å²) in [6.45, 7) is 4.65. The molecule has 1 fully saturated rings. The lowest BCUT2D eigenvalue weighted by atomic mass is 10.2. The number of amides is 1. The normalized spacial score (nSPS) is 18.0. The molecule has 1 amide bonds. The predicted octanol–water partition coefficient (Wildman–Crippen LogP) is 3.06. The van der Waals surface area contributed by atoms with E-state index in [-0.39, 0.29) is 11.9 Å². The molecule has 1 N–H and O–H groups in total. The topological polar surface area (TPSA) is 54.7 Å². The number of benzene rings is 1. The molecule has 3 rings (SSSR count). The average Bonchev–Trinajstić information content (AvgIpc) is 3.02. The van der Waals surface area contributed by atoms with Crippen LogP contribution in [0.2, 0.25) is 0 Å². The summed E-state index contributed by atoms with van der Waals surface area (Å²) in [5.41, 5.74) is 0. The summed E-state index contributed by atoms with van der Waals surface area (Å²) in [5.74, 6) is 1.69. The number of piperazine rings is 1. The van der Waals surface area contributed by atoms with Crippen molar-refractivity contribution >= 4 is 21.8 Å². The van der Waals surface area contributed by atoms with Crippen LogP contribution in [0, 0.1) is 0 Å². The molecule has 1 saturated heterocycles. The van der Waals surface area contributed by atoms with Gasteiger partial charge in [-0.15, -0.1) is 0 Å². The number of nitrogens with zero attached hydrogens (tertiary/aromatic N) is 1. The molecule has 1 aliphatic rings. The van der Waals surface area contributed by atoms with Gasteiger partial charge in [-0.25, -0.2) is 0 Å². The second-order valence-corrected chi connectivity index (χ2v) is 6.48. The van der Waals surface area contributed by atoms with Crippen LogP contribution in [-0.2, 0) is 6.61 Å². The van der Waals surface area contributed by atoms with E-state index in [1.54, 1.807) is 12.1 Å². The summed E-state index contributed by atoms with van der Waals surface area (Å²) in [6, 6.07) is 11.3. The van der Waals surface area contributed by atoms with Gasteiger partial charge in [-0.05, 0) is 37.3 Å². The zero-order chi connectivity index (χ0) is 16.2. The number of carbonyl (C=O) groups is 1. The summed E-state index contributed by atoms with van der Waals surface area (Å²) >= 11 is 3.40. The highest BCUT2D eigenvalue weighted by Gasteiger charge is 2.26. The Balaban J connectivity index is 1.62. The van der Waals surface area contributed by atoms with E-state index in [1.807, 2.05) is 36.1 Å². The molecule has 1 atom stereocenters. The highest BCUT2D eigenvalue weighted by Crippen LogP contribution is 2.20. The number of rotatable bonds is 4. The number of ether oxygens (including phenoxy) is 1. The largest absolute Gasteiger partial charge is 0.486 e. The average molecular weight is 379 g/mol. The molecule has 5 nitrogen and oxygen atoms in total. The van der Waals surface area contributed by atoms with Gasteiger partial charge in [-0.2, -0.15) is 0 Å². The van der Waals surface area contributed by atoms with Gasteiger partial charge in [-0.1, -0.05) is 22.0 Å². The first-order chi connectivity index (χ1) is 11.1. The number of nitrogens with one attached hydrogen (secondary N) is 1. The van der Waals surface area contributed by atoms with Crippen molar-refractivity contribution in [3.8, 4) is 5.75 Å². The smallest absolute Gasteiger partial charge is 0.289 e. The second kappa shape index (κ2) is 7.19. The maximum absolute atomic E-state index is 12.5. The van der Waals surface area contributed by atoms with Gasteiger partial charge in [0.2, 0.25) is 0 Å². The fraction of sp³-hybridized carbons (Fsp3) is 0.353. The van der Waals surface area contributed by atoms with E-state index >= 15 is 0 Å². The first kappa shape index (κ1) is 16.1. The molecule has 23 heavy (non-hydrogen) atoms. The SMILES string of the molecule is CC1CNCCN1C(=O)c1ccc(COc2cccc(Br)c2)o1. The summed E-state index contributed by atoms with van der Waals surface area (Å²) in [7, 11) is 0. The van der Waals surface area contributed by atoms with E-state index in [2.05, 4.69) is 21.2 Å². The van der Waals surface area contributed by atoms with Crippen molar-refractivity contribution in [2.45, 2.75) is 19.6 Å². The highest BCUT2D eigenvalue weighted by molar-refractivity contribution is 9.10. The molecule has 2 aromatic rings. The lowest BCUT2D eigenvalue weighted by Gasteiger charge is -2.33. The van der Waals surface area contributed by atoms with Crippen LogP contribution in [-0.4, -0.2) is 36.5 Å². The number of halogens is 1. The van der Waals surface area contributed by atoms with Gasteiger partial charge in [0.05, 0.1) is 0 Å². The summed E-state index contributed by atoms with van der Waals surface area (Å²) in [4.78, 5) is 14.3. The second-order valence-electron chi connectivity index (χ2n) is 5.56. The molecule has 0 radical (unpaired) electrons.